The van der Waals surface area contributed by atoms with Gasteiger partial charge in [-0.3, -0.25) is 53.2 Å². The summed E-state index contributed by atoms with van der Waals surface area (Å²) in [6.07, 6.45) is 4.37. The molecule has 4 aromatic rings. The molecule has 340 valence electrons. The van der Waals surface area contributed by atoms with Crippen molar-refractivity contribution in [2.75, 3.05) is 62.6 Å². The van der Waals surface area contributed by atoms with Crippen LogP contribution in [-0.2, 0) is 45.6 Å². The van der Waals surface area contributed by atoms with Crippen LogP contribution < -0.4 is 15.5 Å². The smallest absolute Gasteiger partial charge is 0.264 e. The lowest BCUT2D eigenvalue weighted by Gasteiger charge is -2.41. The summed E-state index contributed by atoms with van der Waals surface area (Å²) < 4.78 is 33.1. The Labute approximate surface area is 373 Å². The molecule has 0 saturated carbocycles. The molecule has 6 amide bonds. The number of benzene rings is 2. The zero-order valence-corrected chi connectivity index (χ0v) is 36.4. The van der Waals surface area contributed by atoms with Crippen molar-refractivity contribution in [1.82, 2.24) is 44.5 Å². The fourth-order valence-electron chi connectivity index (χ4n) is 10.6. The molecule has 19 heteroatoms. The highest BCUT2D eigenvalue weighted by atomic mass is 19.3. The predicted molar refractivity (Wildman–Crippen MR) is 232 cm³/mol. The molecule has 3 fully saturated rings. The number of carbonyl (C=O) groups excluding carboxylic acids is 6. The van der Waals surface area contributed by atoms with E-state index in [1.807, 2.05) is 15.9 Å². The first-order chi connectivity index (χ1) is 31.3. The molecule has 1 atom stereocenters. The number of hydrogen-bond acceptors (Lipinski definition) is 11. The van der Waals surface area contributed by atoms with E-state index in [9.17, 15) is 37.5 Å². The number of imide groups is 2. The molecule has 6 aliphatic rings. The molecule has 0 bridgehead atoms. The van der Waals surface area contributed by atoms with Crippen LogP contribution in [0, 0.1) is 5.92 Å². The fraction of sp³-hybridized carbons (Fsp3) is 0.478. The summed E-state index contributed by atoms with van der Waals surface area (Å²) in [5.41, 5.74) is 5.68. The first-order valence-corrected chi connectivity index (χ1v) is 22.5. The molecule has 2 aromatic heterocycles. The fourth-order valence-corrected chi connectivity index (χ4v) is 10.6. The van der Waals surface area contributed by atoms with Gasteiger partial charge in [-0.1, -0.05) is 6.07 Å². The minimum atomic E-state index is -2.70. The molecule has 65 heavy (non-hydrogen) atoms. The SMILES string of the molecule is CC(=O)N1CCc2c(c(N3CCCc4cc(-c5cnn(C)c5)c(C(F)F)cc43)nn2C2CCN(C(=O)CN3CC(CNc4cccc5c4C(=O)N(C4CCC(=O)NC4=O)C5=O)C3)CC2)C1. The summed E-state index contributed by atoms with van der Waals surface area (Å²) in [6, 6.07) is 7.47. The van der Waals surface area contributed by atoms with Gasteiger partial charge < -0.3 is 20.0 Å². The average Bonchev–Trinajstić information content (AvgIpc) is 3.96. The Hall–Kier alpha value is -6.50. The Kier molecular flexibility index (Phi) is 11.0. The molecule has 0 aliphatic carbocycles. The molecule has 0 radical (unpaired) electrons. The van der Waals surface area contributed by atoms with Gasteiger partial charge in [-0.15, -0.1) is 0 Å². The van der Waals surface area contributed by atoms with Crippen molar-refractivity contribution in [3.05, 3.63) is 76.2 Å². The summed E-state index contributed by atoms with van der Waals surface area (Å²) >= 11 is 0. The molecular weight excluding hydrogens is 841 g/mol. The minimum absolute atomic E-state index is 0.0245. The first-order valence-electron chi connectivity index (χ1n) is 22.5. The number of likely N-dealkylation sites (tertiary alicyclic amines) is 2. The third-order valence-corrected chi connectivity index (χ3v) is 14.0. The first kappa shape index (κ1) is 42.5. The number of fused-ring (bicyclic) bond motifs is 3. The summed E-state index contributed by atoms with van der Waals surface area (Å²) in [6.45, 7) is 6.42. The topological polar surface area (TPSA) is 178 Å². The quantitative estimate of drug-likeness (QED) is 0.221. The number of carbonyl (C=O) groups is 6. The van der Waals surface area contributed by atoms with E-state index in [1.165, 1.54) is 0 Å². The van der Waals surface area contributed by atoms with Gasteiger partial charge in [0, 0.05) is 119 Å². The number of piperidine rings is 2. The second-order valence-electron chi connectivity index (χ2n) is 18.1. The van der Waals surface area contributed by atoms with Crippen molar-refractivity contribution < 1.29 is 37.5 Å². The number of aryl methyl sites for hydroxylation is 2. The van der Waals surface area contributed by atoms with Crippen LogP contribution in [0.25, 0.3) is 11.1 Å². The average molecular weight is 892 g/mol. The van der Waals surface area contributed by atoms with Crippen LogP contribution >= 0.6 is 0 Å². The molecular formula is C46H51F2N11O6. The summed E-state index contributed by atoms with van der Waals surface area (Å²) in [5.74, 6) is -1.26. The summed E-state index contributed by atoms with van der Waals surface area (Å²) in [4.78, 5) is 86.0. The number of nitrogens with zero attached hydrogens (tertiary/aromatic N) is 9. The summed E-state index contributed by atoms with van der Waals surface area (Å²) in [7, 11) is 1.76. The number of amides is 6. The van der Waals surface area contributed by atoms with Gasteiger partial charge in [0.2, 0.25) is 23.6 Å². The summed E-state index contributed by atoms with van der Waals surface area (Å²) in [5, 5.41) is 15.0. The van der Waals surface area contributed by atoms with Crippen LogP contribution in [0.4, 0.5) is 26.0 Å². The van der Waals surface area contributed by atoms with Crippen LogP contribution in [-0.4, -0.2) is 133 Å². The third kappa shape index (κ3) is 7.72. The largest absolute Gasteiger partial charge is 0.384 e. The maximum Gasteiger partial charge on any atom is 0.264 e. The van der Waals surface area contributed by atoms with Crippen molar-refractivity contribution in [2.45, 2.75) is 76.9 Å². The number of hydrogen-bond donors (Lipinski definition) is 2. The van der Waals surface area contributed by atoms with Gasteiger partial charge in [0.15, 0.2) is 5.82 Å². The number of nitrogens with one attached hydrogen (secondary N) is 2. The zero-order chi connectivity index (χ0) is 45.3. The van der Waals surface area contributed by atoms with E-state index in [1.54, 1.807) is 55.3 Å². The van der Waals surface area contributed by atoms with Gasteiger partial charge in [-0.05, 0) is 67.5 Å². The number of rotatable bonds is 10. The van der Waals surface area contributed by atoms with Crippen LogP contribution in [0.1, 0.15) is 94.6 Å². The van der Waals surface area contributed by atoms with Crippen molar-refractivity contribution in [2.24, 2.45) is 13.0 Å². The van der Waals surface area contributed by atoms with Crippen molar-refractivity contribution >= 4 is 52.6 Å². The van der Waals surface area contributed by atoms with Gasteiger partial charge in [-0.25, -0.2) is 8.78 Å². The molecule has 17 nitrogen and oxygen atoms in total. The Morgan fingerprint density at radius 2 is 1.74 bits per heavy atom. The van der Waals surface area contributed by atoms with E-state index in [-0.39, 0.29) is 59.9 Å². The Morgan fingerprint density at radius 1 is 0.938 bits per heavy atom. The zero-order valence-electron chi connectivity index (χ0n) is 36.4. The normalized spacial score (nSPS) is 20.5. The lowest BCUT2D eigenvalue weighted by Crippen LogP contribution is -2.54. The van der Waals surface area contributed by atoms with Crippen LogP contribution in [0.3, 0.4) is 0 Å². The number of alkyl halides is 2. The Morgan fingerprint density at radius 3 is 2.46 bits per heavy atom. The molecule has 0 spiro atoms. The number of aromatic nitrogens is 4. The van der Waals surface area contributed by atoms with E-state index in [2.05, 4.69) is 30.2 Å². The molecule has 1 unspecified atom stereocenters. The monoisotopic (exact) mass is 891 g/mol. The molecule has 2 N–H and O–H groups in total. The van der Waals surface area contributed by atoms with E-state index in [0.717, 1.165) is 34.6 Å². The van der Waals surface area contributed by atoms with Crippen LogP contribution in [0.2, 0.25) is 0 Å². The molecule has 3 saturated heterocycles. The number of anilines is 3. The predicted octanol–water partition coefficient (Wildman–Crippen LogP) is 3.82. The highest BCUT2D eigenvalue weighted by Crippen LogP contribution is 2.44. The second kappa shape index (κ2) is 16.8. The van der Waals surface area contributed by atoms with Crippen LogP contribution in [0.15, 0.2) is 42.7 Å². The standard InChI is InChI=1S/C46H51F2N11O6/c1-26(60)56-16-12-36-34(24-56)43(57-13-4-5-28-17-32(29-20-50-53(2)23-29)33(42(47)48)18-38(28)57)52-59(36)30-10-14-55(15-11-30)40(62)25-54-21-27(22-54)19-49-35-7-3-6-31-41(35)46(65)58(45(31)64)37-8-9-39(61)51-44(37)63/h3,6-7,17-18,20,23,27,30,37,42,49H,4-5,8-16,19,21-22,24-25H2,1-2H3,(H,51,61,63). The van der Waals surface area contributed by atoms with Gasteiger partial charge in [0.25, 0.3) is 18.2 Å². The van der Waals surface area contributed by atoms with E-state index in [4.69, 9.17) is 5.10 Å². The molecule has 10 rings (SSSR count). The molecule has 8 heterocycles. The molecule has 2 aromatic carbocycles. The van der Waals surface area contributed by atoms with Gasteiger partial charge >= 0.3 is 0 Å². The van der Waals surface area contributed by atoms with Crippen molar-refractivity contribution in [3.63, 3.8) is 0 Å². The third-order valence-electron chi connectivity index (χ3n) is 14.0. The maximum absolute atomic E-state index is 14.7. The van der Waals surface area contributed by atoms with Gasteiger partial charge in [0.1, 0.15) is 6.04 Å². The Bertz CT molecular complexity index is 2630. The van der Waals surface area contributed by atoms with Crippen LogP contribution in [0.5, 0.6) is 0 Å². The van der Waals surface area contributed by atoms with E-state index < -0.39 is 36.1 Å². The van der Waals surface area contributed by atoms with Gasteiger partial charge in [-0.2, -0.15) is 10.2 Å². The molecule has 6 aliphatic heterocycles. The van der Waals surface area contributed by atoms with E-state index >= 15 is 0 Å². The minimum Gasteiger partial charge on any atom is -0.384 e. The van der Waals surface area contributed by atoms with Gasteiger partial charge in [0.05, 0.1) is 36.5 Å². The van der Waals surface area contributed by atoms with Crippen molar-refractivity contribution in [1.29, 1.82) is 0 Å². The maximum atomic E-state index is 14.7. The van der Waals surface area contributed by atoms with Crippen molar-refractivity contribution in [3.8, 4) is 11.1 Å². The van der Waals surface area contributed by atoms with E-state index in [0.29, 0.717) is 99.9 Å². The lowest BCUT2D eigenvalue weighted by molar-refractivity contribution is -0.137. The lowest BCUT2D eigenvalue weighted by atomic mass is 9.92. The number of halogens is 2. The highest BCUT2D eigenvalue weighted by Gasteiger charge is 2.46. The Balaban J connectivity index is 0.775. The second-order valence-corrected chi connectivity index (χ2v) is 18.1. The highest BCUT2D eigenvalue weighted by molar-refractivity contribution is 6.25.